The van der Waals surface area contributed by atoms with Gasteiger partial charge in [-0.3, -0.25) is 0 Å². The normalized spacial score (nSPS) is 10.9. The number of thiazole rings is 1. The monoisotopic (exact) mass is 255 g/mol. The van der Waals surface area contributed by atoms with Crippen molar-refractivity contribution in [3.63, 3.8) is 0 Å². The maximum Gasteiger partial charge on any atom is 0.106 e. The second-order valence-corrected chi connectivity index (χ2v) is 5.32. The summed E-state index contributed by atoms with van der Waals surface area (Å²) in [6.45, 7) is 4.79. The van der Waals surface area contributed by atoms with Gasteiger partial charge in [-0.25, -0.2) is 4.98 Å². The highest BCUT2D eigenvalue weighted by Crippen LogP contribution is 2.08. The highest BCUT2D eigenvalue weighted by molar-refractivity contribution is 7.09. The molecular formula is C13H25N3S. The zero-order valence-corrected chi connectivity index (χ0v) is 11.7. The zero-order chi connectivity index (χ0) is 12.3. The molecule has 0 fully saturated rings. The van der Waals surface area contributed by atoms with Crippen LogP contribution in [0.25, 0.3) is 0 Å². The van der Waals surface area contributed by atoms with Gasteiger partial charge in [-0.1, -0.05) is 39.0 Å². The van der Waals surface area contributed by atoms with Crippen molar-refractivity contribution in [1.29, 1.82) is 0 Å². The molecule has 98 valence electrons. The summed E-state index contributed by atoms with van der Waals surface area (Å²) < 4.78 is 0. The average molecular weight is 255 g/mol. The molecule has 4 heteroatoms. The zero-order valence-electron chi connectivity index (χ0n) is 10.9. The Hall–Kier alpha value is -0.450. The Kier molecular flexibility index (Phi) is 8.22. The molecule has 0 aromatic carbocycles. The molecule has 1 aromatic rings. The van der Waals surface area contributed by atoms with Gasteiger partial charge in [0.2, 0.25) is 0 Å². The van der Waals surface area contributed by atoms with Crippen LogP contribution in [0.15, 0.2) is 5.38 Å². The molecule has 0 saturated carbocycles. The number of hydrogen-bond acceptors (Lipinski definition) is 4. The summed E-state index contributed by atoms with van der Waals surface area (Å²) in [5, 5.41) is 6.56. The van der Waals surface area contributed by atoms with Crippen molar-refractivity contribution in [1.82, 2.24) is 10.3 Å². The van der Waals surface area contributed by atoms with Gasteiger partial charge in [0.05, 0.1) is 5.69 Å². The van der Waals surface area contributed by atoms with E-state index in [0.717, 1.165) is 23.8 Å². The molecule has 0 unspecified atom stereocenters. The first-order valence-electron chi connectivity index (χ1n) is 6.71. The molecule has 0 atom stereocenters. The van der Waals surface area contributed by atoms with Gasteiger partial charge >= 0.3 is 0 Å². The van der Waals surface area contributed by atoms with Crippen molar-refractivity contribution in [2.24, 2.45) is 5.73 Å². The van der Waals surface area contributed by atoms with Crippen LogP contribution in [0.3, 0.4) is 0 Å². The van der Waals surface area contributed by atoms with Crippen molar-refractivity contribution < 1.29 is 0 Å². The molecule has 1 rings (SSSR count). The summed E-state index contributed by atoms with van der Waals surface area (Å²) in [6, 6.07) is 0. The highest BCUT2D eigenvalue weighted by atomic mass is 32.1. The van der Waals surface area contributed by atoms with Crippen molar-refractivity contribution in [2.75, 3.05) is 6.54 Å². The number of unbranched alkanes of at least 4 members (excludes halogenated alkanes) is 5. The van der Waals surface area contributed by atoms with Gasteiger partial charge in [-0.05, 0) is 13.0 Å². The van der Waals surface area contributed by atoms with Gasteiger partial charge in [0.15, 0.2) is 0 Å². The van der Waals surface area contributed by atoms with Crippen LogP contribution >= 0.6 is 11.3 Å². The van der Waals surface area contributed by atoms with Gasteiger partial charge in [0.25, 0.3) is 0 Å². The van der Waals surface area contributed by atoms with E-state index in [9.17, 15) is 0 Å². The standard InChI is InChI=1S/C13H25N3S/c1-2-3-4-5-6-7-8-15-10-12-11-17-13(9-14)16-12/h11,15H,2-10,14H2,1H3. The van der Waals surface area contributed by atoms with Gasteiger partial charge in [-0.15, -0.1) is 11.3 Å². The van der Waals surface area contributed by atoms with Crippen molar-refractivity contribution in [3.8, 4) is 0 Å². The molecule has 0 saturated heterocycles. The maximum atomic E-state index is 5.52. The third-order valence-electron chi connectivity index (χ3n) is 2.79. The topological polar surface area (TPSA) is 50.9 Å². The molecule has 1 aromatic heterocycles. The van der Waals surface area contributed by atoms with Crippen LogP contribution < -0.4 is 11.1 Å². The van der Waals surface area contributed by atoms with Crippen molar-refractivity contribution in [3.05, 3.63) is 16.1 Å². The Labute approximate surface area is 109 Å². The molecule has 0 aliphatic heterocycles. The Morgan fingerprint density at radius 1 is 1.24 bits per heavy atom. The Morgan fingerprint density at radius 3 is 2.71 bits per heavy atom. The minimum Gasteiger partial charge on any atom is -0.325 e. The number of hydrogen-bond donors (Lipinski definition) is 2. The molecule has 1 heterocycles. The van der Waals surface area contributed by atoms with Crippen LogP contribution in [0.2, 0.25) is 0 Å². The molecule has 17 heavy (non-hydrogen) atoms. The Morgan fingerprint density at radius 2 is 2.00 bits per heavy atom. The summed E-state index contributed by atoms with van der Waals surface area (Å²) in [5.74, 6) is 0. The SMILES string of the molecule is CCCCCCCCNCc1csc(CN)n1. The fraction of sp³-hybridized carbons (Fsp3) is 0.769. The van der Waals surface area contributed by atoms with E-state index in [0.29, 0.717) is 6.54 Å². The Bertz CT molecular complexity index is 286. The lowest BCUT2D eigenvalue weighted by atomic mass is 10.1. The second-order valence-electron chi connectivity index (χ2n) is 4.38. The van der Waals surface area contributed by atoms with E-state index >= 15 is 0 Å². The average Bonchev–Trinajstić information content (AvgIpc) is 2.80. The molecule has 0 bridgehead atoms. The predicted octanol–water partition coefficient (Wildman–Crippen LogP) is 3.05. The van der Waals surface area contributed by atoms with Gasteiger partial charge in [0, 0.05) is 18.5 Å². The molecule has 3 N–H and O–H groups in total. The smallest absolute Gasteiger partial charge is 0.106 e. The lowest BCUT2D eigenvalue weighted by molar-refractivity contribution is 0.569. The van der Waals surface area contributed by atoms with E-state index in [1.54, 1.807) is 11.3 Å². The van der Waals surface area contributed by atoms with Crippen LogP contribution in [0.1, 0.15) is 56.2 Å². The summed E-state index contributed by atoms with van der Waals surface area (Å²) >= 11 is 1.65. The number of nitrogens with one attached hydrogen (secondary N) is 1. The van der Waals surface area contributed by atoms with Gasteiger partial charge in [0.1, 0.15) is 5.01 Å². The van der Waals surface area contributed by atoms with Gasteiger partial charge in [-0.2, -0.15) is 0 Å². The third-order valence-corrected chi connectivity index (χ3v) is 3.71. The van der Waals surface area contributed by atoms with Crippen LogP contribution in [0.5, 0.6) is 0 Å². The van der Waals surface area contributed by atoms with Crippen LogP contribution in [0.4, 0.5) is 0 Å². The van der Waals surface area contributed by atoms with Crippen LogP contribution in [-0.2, 0) is 13.1 Å². The first-order chi connectivity index (χ1) is 8.36. The van der Waals surface area contributed by atoms with E-state index < -0.39 is 0 Å². The summed E-state index contributed by atoms with van der Waals surface area (Å²) in [5.41, 5.74) is 6.65. The van der Waals surface area contributed by atoms with E-state index in [-0.39, 0.29) is 0 Å². The summed E-state index contributed by atoms with van der Waals surface area (Å²) in [6.07, 6.45) is 8.10. The van der Waals surface area contributed by atoms with E-state index in [1.165, 1.54) is 38.5 Å². The largest absolute Gasteiger partial charge is 0.325 e. The molecule has 3 nitrogen and oxygen atoms in total. The van der Waals surface area contributed by atoms with Crippen molar-refractivity contribution >= 4 is 11.3 Å². The van der Waals surface area contributed by atoms with Crippen molar-refractivity contribution in [2.45, 2.75) is 58.5 Å². The molecule has 0 aliphatic carbocycles. The molecule has 0 aliphatic rings. The number of nitrogens with zero attached hydrogens (tertiary/aromatic N) is 1. The lowest BCUT2D eigenvalue weighted by Crippen LogP contribution is -2.15. The number of rotatable bonds is 10. The Balaban J connectivity index is 1.93. The first-order valence-corrected chi connectivity index (χ1v) is 7.58. The quantitative estimate of drug-likeness (QED) is 0.632. The lowest BCUT2D eigenvalue weighted by Gasteiger charge is -2.02. The maximum absolute atomic E-state index is 5.52. The van der Waals surface area contributed by atoms with Crippen LogP contribution in [0, 0.1) is 0 Å². The van der Waals surface area contributed by atoms with E-state index in [2.05, 4.69) is 22.6 Å². The number of aromatic nitrogens is 1. The molecule has 0 amide bonds. The molecular weight excluding hydrogens is 230 g/mol. The minimum atomic E-state index is 0.558. The predicted molar refractivity (Wildman–Crippen MR) is 75.1 cm³/mol. The fourth-order valence-electron chi connectivity index (χ4n) is 1.77. The first kappa shape index (κ1) is 14.6. The highest BCUT2D eigenvalue weighted by Gasteiger charge is 1.99. The summed E-state index contributed by atoms with van der Waals surface area (Å²) in [7, 11) is 0. The van der Waals surface area contributed by atoms with Gasteiger partial charge < -0.3 is 11.1 Å². The molecule has 0 radical (unpaired) electrons. The number of nitrogens with two attached hydrogens (primary N) is 1. The fourth-order valence-corrected chi connectivity index (χ4v) is 2.44. The molecule has 0 spiro atoms. The van der Waals surface area contributed by atoms with E-state index in [4.69, 9.17) is 5.73 Å². The second kappa shape index (κ2) is 9.57. The summed E-state index contributed by atoms with van der Waals surface area (Å²) in [4.78, 5) is 4.42. The van der Waals surface area contributed by atoms with E-state index in [1.807, 2.05) is 0 Å². The third kappa shape index (κ3) is 6.76. The minimum absolute atomic E-state index is 0.558. The van der Waals surface area contributed by atoms with Crippen LogP contribution in [-0.4, -0.2) is 11.5 Å².